The molecule has 10 heteroatoms. The van der Waals surface area contributed by atoms with Gasteiger partial charge < -0.3 is 15.5 Å². The summed E-state index contributed by atoms with van der Waals surface area (Å²) in [4.78, 5) is 39.5. The molecule has 0 aliphatic heterocycles. The number of amides is 3. The number of carbonyl (C=O) groups excluding carboxylic acids is 2. The maximum absolute atomic E-state index is 12.7. The Morgan fingerprint density at radius 1 is 1.02 bits per heavy atom. The molecule has 1 aliphatic rings. The molecule has 40 heavy (non-hydrogen) atoms. The lowest BCUT2D eigenvalue weighted by atomic mass is 9.91. The number of nitrogens with zero attached hydrogens (tertiary/aromatic N) is 6. The molecule has 2 aromatic carbocycles. The van der Waals surface area contributed by atoms with Crippen LogP contribution < -0.4 is 10.6 Å². The third-order valence-corrected chi connectivity index (χ3v) is 7.41. The summed E-state index contributed by atoms with van der Waals surface area (Å²) in [6.45, 7) is 2.18. The molecule has 0 unspecified atom stereocenters. The molecule has 3 amide bonds. The van der Waals surface area contributed by atoms with Crippen molar-refractivity contribution in [3.63, 3.8) is 0 Å². The van der Waals surface area contributed by atoms with Crippen molar-refractivity contribution in [2.45, 2.75) is 31.2 Å². The minimum atomic E-state index is -0.224. The number of hydrogen-bond acceptors (Lipinski definition) is 6. The second-order valence-electron chi connectivity index (χ2n) is 10.5. The number of pyridine rings is 1. The Hall–Kier alpha value is -4.86. The SMILES string of the molecule is C[C@H](CNC(=O)N(C)C)NC(=O)c1ccc(-c2cnc3ncc(C4(c5ccc6ncccc6c5)CC4)n3n2)cc1. The van der Waals surface area contributed by atoms with Gasteiger partial charge in [-0.15, -0.1) is 0 Å². The Morgan fingerprint density at radius 2 is 1.80 bits per heavy atom. The fourth-order valence-corrected chi connectivity index (χ4v) is 4.97. The van der Waals surface area contributed by atoms with E-state index in [0.29, 0.717) is 23.6 Å². The lowest BCUT2D eigenvalue weighted by molar-refractivity contribution is 0.0939. The number of rotatable bonds is 7. The molecule has 3 aromatic heterocycles. The van der Waals surface area contributed by atoms with Gasteiger partial charge in [-0.3, -0.25) is 9.78 Å². The van der Waals surface area contributed by atoms with E-state index in [1.807, 2.05) is 42.0 Å². The monoisotopic (exact) mass is 534 g/mol. The van der Waals surface area contributed by atoms with Crippen molar-refractivity contribution in [3.8, 4) is 11.3 Å². The van der Waals surface area contributed by atoms with Crippen molar-refractivity contribution in [1.29, 1.82) is 0 Å². The topological polar surface area (TPSA) is 117 Å². The Morgan fingerprint density at radius 3 is 2.55 bits per heavy atom. The molecule has 1 aliphatic carbocycles. The lowest BCUT2D eigenvalue weighted by Gasteiger charge is -2.17. The zero-order valence-corrected chi connectivity index (χ0v) is 22.6. The van der Waals surface area contributed by atoms with Crippen molar-refractivity contribution < 1.29 is 9.59 Å². The van der Waals surface area contributed by atoms with Gasteiger partial charge in [-0.2, -0.15) is 9.61 Å². The molecular formula is C30H30N8O2. The minimum Gasteiger partial charge on any atom is -0.348 e. The summed E-state index contributed by atoms with van der Waals surface area (Å²) in [6, 6.07) is 17.3. The van der Waals surface area contributed by atoms with Gasteiger partial charge in [-0.05, 0) is 55.7 Å². The van der Waals surface area contributed by atoms with E-state index in [4.69, 9.17) is 5.10 Å². The van der Waals surface area contributed by atoms with Crippen LogP contribution in [0.2, 0.25) is 0 Å². The van der Waals surface area contributed by atoms with Crippen LogP contribution in [0.4, 0.5) is 4.79 Å². The third-order valence-electron chi connectivity index (χ3n) is 7.41. The van der Waals surface area contributed by atoms with E-state index in [2.05, 4.69) is 49.9 Å². The summed E-state index contributed by atoms with van der Waals surface area (Å²) in [5, 5.41) is 11.7. The van der Waals surface area contributed by atoms with Crippen molar-refractivity contribution >= 4 is 28.6 Å². The van der Waals surface area contributed by atoms with E-state index in [9.17, 15) is 9.59 Å². The predicted octanol–water partition coefficient (Wildman–Crippen LogP) is 3.81. The first kappa shape index (κ1) is 25.4. The zero-order valence-electron chi connectivity index (χ0n) is 22.6. The van der Waals surface area contributed by atoms with E-state index < -0.39 is 0 Å². The summed E-state index contributed by atoms with van der Waals surface area (Å²) in [6.07, 6.45) is 7.43. The first-order valence-electron chi connectivity index (χ1n) is 13.3. The van der Waals surface area contributed by atoms with Crippen LogP contribution in [0.15, 0.2) is 73.2 Å². The molecule has 202 valence electrons. The third kappa shape index (κ3) is 4.72. The summed E-state index contributed by atoms with van der Waals surface area (Å²) in [5.74, 6) is 0.344. The molecule has 0 bridgehead atoms. The number of fused-ring (bicyclic) bond motifs is 2. The smallest absolute Gasteiger partial charge is 0.316 e. The maximum Gasteiger partial charge on any atom is 0.316 e. The summed E-state index contributed by atoms with van der Waals surface area (Å²) >= 11 is 0. The highest BCUT2D eigenvalue weighted by Gasteiger charge is 2.48. The Labute approximate surface area is 231 Å². The largest absolute Gasteiger partial charge is 0.348 e. The van der Waals surface area contributed by atoms with Crippen molar-refractivity contribution in [3.05, 3.63) is 90.0 Å². The van der Waals surface area contributed by atoms with Crippen LogP contribution in [-0.4, -0.2) is 68.1 Å². The van der Waals surface area contributed by atoms with Crippen LogP contribution in [0.25, 0.3) is 27.9 Å². The van der Waals surface area contributed by atoms with Crippen LogP contribution in [-0.2, 0) is 5.41 Å². The lowest BCUT2D eigenvalue weighted by Crippen LogP contribution is -2.44. The maximum atomic E-state index is 12.7. The molecule has 6 rings (SSSR count). The van der Waals surface area contributed by atoms with E-state index >= 15 is 0 Å². The van der Waals surface area contributed by atoms with E-state index in [1.54, 1.807) is 32.4 Å². The molecule has 10 nitrogen and oxygen atoms in total. The Kier molecular flexibility index (Phi) is 6.37. The van der Waals surface area contributed by atoms with Crippen molar-refractivity contribution in [2.24, 2.45) is 0 Å². The Bertz CT molecular complexity index is 1720. The number of carbonyl (C=O) groups is 2. The summed E-state index contributed by atoms with van der Waals surface area (Å²) in [5.41, 5.74) is 5.14. The van der Waals surface area contributed by atoms with Crippen LogP contribution in [0.3, 0.4) is 0 Å². The van der Waals surface area contributed by atoms with E-state index in [-0.39, 0.29) is 23.4 Å². The molecule has 5 aromatic rings. The van der Waals surface area contributed by atoms with Gasteiger partial charge in [0.25, 0.3) is 11.7 Å². The van der Waals surface area contributed by atoms with Gasteiger partial charge >= 0.3 is 6.03 Å². The van der Waals surface area contributed by atoms with Crippen molar-refractivity contribution in [1.82, 2.24) is 40.1 Å². The second-order valence-corrected chi connectivity index (χ2v) is 10.5. The molecule has 1 fully saturated rings. The second kappa shape index (κ2) is 10.0. The van der Waals surface area contributed by atoms with Crippen LogP contribution in [0.5, 0.6) is 0 Å². The highest BCUT2D eigenvalue weighted by atomic mass is 16.2. The van der Waals surface area contributed by atoms with Gasteiger partial charge in [-0.1, -0.05) is 24.3 Å². The van der Waals surface area contributed by atoms with Crippen LogP contribution >= 0.6 is 0 Å². The molecule has 2 N–H and O–H groups in total. The first-order chi connectivity index (χ1) is 19.3. The number of aromatic nitrogens is 5. The molecule has 3 heterocycles. The number of benzene rings is 2. The van der Waals surface area contributed by atoms with E-state index in [0.717, 1.165) is 35.0 Å². The number of imidazole rings is 1. The summed E-state index contributed by atoms with van der Waals surface area (Å²) < 4.78 is 1.85. The van der Waals surface area contributed by atoms with Crippen LogP contribution in [0.1, 0.15) is 41.4 Å². The van der Waals surface area contributed by atoms with Gasteiger partial charge in [0.1, 0.15) is 5.69 Å². The van der Waals surface area contributed by atoms with Crippen molar-refractivity contribution in [2.75, 3.05) is 20.6 Å². The van der Waals surface area contributed by atoms with Gasteiger partial charge in [0.2, 0.25) is 0 Å². The highest BCUT2D eigenvalue weighted by Crippen LogP contribution is 2.53. The van der Waals surface area contributed by atoms with Gasteiger partial charge in [0, 0.05) is 54.8 Å². The average Bonchev–Trinajstić information content (AvgIpc) is 3.67. The standard InChI is InChI=1S/C30H30N8O2/c1-19(16-34-29(40)37(2)3)35-27(39)21-8-6-20(7-9-21)25-17-32-28-33-18-26(38(28)36-25)30(12-13-30)23-10-11-24-22(15-23)5-4-14-31-24/h4-11,14-15,17-19H,12-13,16H2,1-3H3,(H,34,40)(H,35,39)/t19-/m1/s1. The Balaban J connectivity index is 1.22. The van der Waals surface area contributed by atoms with Crippen LogP contribution in [0, 0.1) is 0 Å². The predicted molar refractivity (Wildman–Crippen MR) is 152 cm³/mol. The molecule has 1 atom stereocenters. The molecule has 0 saturated heterocycles. The quantitative estimate of drug-likeness (QED) is 0.328. The highest BCUT2D eigenvalue weighted by molar-refractivity contribution is 5.94. The number of nitrogens with one attached hydrogen (secondary N) is 2. The van der Waals surface area contributed by atoms with Gasteiger partial charge in [0.15, 0.2) is 0 Å². The fraction of sp³-hybridized carbons (Fsp3) is 0.267. The first-order valence-corrected chi connectivity index (χ1v) is 13.3. The van der Waals surface area contributed by atoms with E-state index in [1.165, 1.54) is 10.5 Å². The van der Waals surface area contributed by atoms with Gasteiger partial charge in [-0.25, -0.2) is 14.8 Å². The molecule has 0 radical (unpaired) electrons. The summed E-state index contributed by atoms with van der Waals surface area (Å²) in [7, 11) is 3.34. The molecule has 0 spiro atoms. The normalized spacial score (nSPS) is 14.6. The number of hydrogen-bond donors (Lipinski definition) is 2. The zero-order chi connectivity index (χ0) is 27.9. The molecule has 1 saturated carbocycles. The fourth-order valence-electron chi connectivity index (χ4n) is 4.97. The molecular weight excluding hydrogens is 504 g/mol. The minimum absolute atomic E-state index is 0.151. The average molecular weight is 535 g/mol. The van der Waals surface area contributed by atoms with Gasteiger partial charge in [0.05, 0.1) is 23.6 Å². The number of urea groups is 1.